The third-order valence-corrected chi connectivity index (χ3v) is 5.61. The van der Waals surface area contributed by atoms with Gasteiger partial charge in [-0.25, -0.2) is 4.79 Å². The van der Waals surface area contributed by atoms with Crippen LogP contribution in [0, 0.1) is 0 Å². The van der Waals surface area contributed by atoms with Gasteiger partial charge in [-0.3, -0.25) is 0 Å². The zero-order valence-electron chi connectivity index (χ0n) is 14.3. The second-order valence-corrected chi connectivity index (χ2v) is 7.36. The summed E-state index contributed by atoms with van der Waals surface area (Å²) in [5.41, 5.74) is 1.63. The minimum atomic E-state index is -0.315. The first kappa shape index (κ1) is 17.9. The van der Waals surface area contributed by atoms with Crippen LogP contribution in [-0.2, 0) is 4.74 Å². The zero-order chi connectivity index (χ0) is 17.6. The van der Waals surface area contributed by atoms with Crippen molar-refractivity contribution in [2.24, 2.45) is 0 Å². The molecular weight excluding hydrogens is 352 g/mol. The van der Waals surface area contributed by atoms with Gasteiger partial charge in [0.05, 0.1) is 12.2 Å². The highest BCUT2D eigenvalue weighted by Gasteiger charge is 2.21. The summed E-state index contributed by atoms with van der Waals surface area (Å²) in [6.45, 7) is 4.11. The van der Waals surface area contributed by atoms with Crippen LogP contribution in [0.15, 0.2) is 36.4 Å². The van der Waals surface area contributed by atoms with Gasteiger partial charge in [-0.05, 0) is 50.0 Å². The van der Waals surface area contributed by atoms with Crippen LogP contribution in [-0.4, -0.2) is 35.7 Å². The van der Waals surface area contributed by atoms with Crippen LogP contribution < -0.4 is 5.32 Å². The van der Waals surface area contributed by atoms with Crippen LogP contribution in [0.4, 0.5) is 5.00 Å². The highest BCUT2D eigenvalue weighted by molar-refractivity contribution is 7.80. The molecular formula is C19H22N2O2S2. The number of hydrogen-bond acceptors (Lipinski definition) is 4. The van der Waals surface area contributed by atoms with Crippen molar-refractivity contribution >= 4 is 39.6 Å². The second kappa shape index (κ2) is 8.45. The quantitative estimate of drug-likeness (QED) is 0.616. The maximum Gasteiger partial charge on any atom is 0.341 e. The number of benzene rings is 1. The first-order valence-electron chi connectivity index (χ1n) is 8.61. The molecule has 0 aliphatic carbocycles. The maximum absolute atomic E-state index is 12.4. The van der Waals surface area contributed by atoms with Crippen molar-refractivity contribution in [3.05, 3.63) is 42.0 Å². The van der Waals surface area contributed by atoms with Crippen molar-refractivity contribution in [1.29, 1.82) is 0 Å². The second-order valence-electron chi connectivity index (χ2n) is 5.92. The van der Waals surface area contributed by atoms with Gasteiger partial charge in [0, 0.05) is 18.0 Å². The van der Waals surface area contributed by atoms with E-state index in [0.29, 0.717) is 17.3 Å². The third kappa shape index (κ3) is 4.38. The number of carbonyl (C=O) groups is 1. The van der Waals surface area contributed by atoms with Crippen LogP contribution in [0.25, 0.3) is 10.4 Å². The predicted molar refractivity (Wildman–Crippen MR) is 107 cm³/mol. The molecule has 2 heterocycles. The monoisotopic (exact) mass is 374 g/mol. The Bertz CT molecular complexity index is 737. The van der Waals surface area contributed by atoms with Crippen LogP contribution in [0.3, 0.4) is 0 Å². The first-order valence-corrected chi connectivity index (χ1v) is 9.84. The van der Waals surface area contributed by atoms with Gasteiger partial charge in [0.1, 0.15) is 5.00 Å². The minimum Gasteiger partial charge on any atom is -0.462 e. The Morgan fingerprint density at radius 1 is 1.24 bits per heavy atom. The van der Waals surface area contributed by atoms with Crippen molar-refractivity contribution < 1.29 is 9.53 Å². The molecule has 0 saturated carbocycles. The normalized spacial score (nSPS) is 14.2. The molecule has 1 aliphatic rings. The fourth-order valence-corrected chi connectivity index (χ4v) is 4.26. The molecule has 1 fully saturated rings. The van der Waals surface area contributed by atoms with Crippen LogP contribution >= 0.6 is 23.6 Å². The number of nitrogens with zero attached hydrogens (tertiary/aromatic N) is 1. The van der Waals surface area contributed by atoms with Gasteiger partial charge in [-0.1, -0.05) is 30.3 Å². The highest BCUT2D eigenvalue weighted by Crippen LogP contribution is 2.36. The highest BCUT2D eigenvalue weighted by atomic mass is 32.1. The van der Waals surface area contributed by atoms with E-state index in [2.05, 4.69) is 10.2 Å². The Labute approximate surface area is 157 Å². The lowest BCUT2D eigenvalue weighted by Gasteiger charge is -2.29. The van der Waals surface area contributed by atoms with Gasteiger partial charge in [0.15, 0.2) is 5.11 Å². The smallest absolute Gasteiger partial charge is 0.341 e. The minimum absolute atomic E-state index is 0.315. The molecule has 0 radical (unpaired) electrons. The van der Waals surface area contributed by atoms with Gasteiger partial charge in [0.2, 0.25) is 0 Å². The largest absolute Gasteiger partial charge is 0.462 e. The number of esters is 1. The summed E-state index contributed by atoms with van der Waals surface area (Å²) in [6.07, 6.45) is 3.57. The fraction of sp³-hybridized carbons (Fsp3) is 0.368. The standard InChI is InChI=1S/C19H22N2O2S2/c1-2-23-18(22)15-13-16(14-9-5-3-6-10-14)25-17(15)20-19(24)21-11-7-4-8-12-21/h3,5-6,9-10,13H,2,4,7-8,11-12H2,1H3,(H,20,24). The van der Waals surface area contributed by atoms with Gasteiger partial charge in [-0.2, -0.15) is 0 Å². The van der Waals surface area contributed by atoms with Crippen molar-refractivity contribution in [1.82, 2.24) is 4.90 Å². The molecule has 1 aromatic heterocycles. The van der Waals surface area contributed by atoms with Gasteiger partial charge >= 0.3 is 5.97 Å². The van der Waals surface area contributed by atoms with Crippen LogP contribution in [0.5, 0.6) is 0 Å². The zero-order valence-corrected chi connectivity index (χ0v) is 15.9. The number of hydrogen-bond donors (Lipinski definition) is 1. The number of thiocarbonyl (C=S) groups is 1. The van der Waals surface area contributed by atoms with Crippen LogP contribution in [0.2, 0.25) is 0 Å². The van der Waals surface area contributed by atoms with E-state index in [4.69, 9.17) is 17.0 Å². The van der Waals surface area contributed by atoms with Gasteiger partial charge in [-0.15, -0.1) is 11.3 Å². The number of ether oxygens (including phenoxy) is 1. The number of rotatable bonds is 4. The number of carbonyl (C=O) groups excluding carboxylic acids is 1. The molecule has 4 nitrogen and oxygen atoms in total. The average Bonchev–Trinajstić information content (AvgIpc) is 3.07. The number of piperidine rings is 1. The van der Waals surface area contributed by atoms with E-state index < -0.39 is 0 Å². The lowest BCUT2D eigenvalue weighted by Crippen LogP contribution is -2.38. The first-order chi connectivity index (χ1) is 12.2. The number of nitrogens with one attached hydrogen (secondary N) is 1. The van der Waals surface area contributed by atoms with E-state index in [9.17, 15) is 4.79 Å². The van der Waals surface area contributed by atoms with Crippen molar-refractivity contribution in [2.75, 3.05) is 25.0 Å². The molecule has 1 N–H and O–H groups in total. The van der Waals surface area contributed by atoms with Gasteiger partial charge in [0.25, 0.3) is 0 Å². The summed E-state index contributed by atoms with van der Waals surface area (Å²) in [7, 11) is 0. The van der Waals surface area contributed by atoms with Crippen molar-refractivity contribution in [2.45, 2.75) is 26.2 Å². The summed E-state index contributed by atoms with van der Waals surface area (Å²) >= 11 is 7.10. The SMILES string of the molecule is CCOC(=O)c1cc(-c2ccccc2)sc1NC(=S)N1CCCCC1. The van der Waals surface area contributed by atoms with E-state index in [0.717, 1.165) is 41.4 Å². The molecule has 2 aromatic rings. The molecule has 0 atom stereocenters. The van der Waals surface area contributed by atoms with E-state index in [-0.39, 0.29) is 5.97 Å². The third-order valence-electron chi connectivity index (χ3n) is 4.15. The topological polar surface area (TPSA) is 41.6 Å². The Kier molecular flexibility index (Phi) is 6.04. The molecule has 0 bridgehead atoms. The molecule has 0 unspecified atom stereocenters. The van der Waals surface area contributed by atoms with E-state index >= 15 is 0 Å². The van der Waals surface area contributed by atoms with E-state index in [1.165, 1.54) is 17.8 Å². The average molecular weight is 375 g/mol. The summed E-state index contributed by atoms with van der Waals surface area (Å²) in [5, 5.41) is 4.73. The van der Waals surface area contributed by atoms with Gasteiger partial charge < -0.3 is 15.0 Å². The number of likely N-dealkylation sites (tertiary alicyclic amines) is 1. The number of anilines is 1. The molecule has 1 aromatic carbocycles. The lowest BCUT2D eigenvalue weighted by molar-refractivity contribution is 0.0528. The summed E-state index contributed by atoms with van der Waals surface area (Å²) in [6, 6.07) is 11.9. The predicted octanol–water partition coefficient (Wildman–Crippen LogP) is 4.77. The van der Waals surface area contributed by atoms with Crippen molar-refractivity contribution in [3.8, 4) is 10.4 Å². The molecule has 132 valence electrons. The molecule has 0 amide bonds. The lowest BCUT2D eigenvalue weighted by atomic mass is 10.1. The Morgan fingerprint density at radius 2 is 1.96 bits per heavy atom. The Morgan fingerprint density at radius 3 is 2.64 bits per heavy atom. The van der Waals surface area contributed by atoms with Crippen molar-refractivity contribution in [3.63, 3.8) is 0 Å². The number of thiophene rings is 1. The Hall–Kier alpha value is -1.92. The molecule has 6 heteroatoms. The summed E-state index contributed by atoms with van der Waals surface area (Å²) in [4.78, 5) is 15.6. The molecule has 3 rings (SSSR count). The molecule has 0 spiro atoms. The van der Waals surface area contributed by atoms with E-state index in [1.54, 1.807) is 0 Å². The fourth-order valence-electron chi connectivity index (χ4n) is 2.86. The molecule has 1 aliphatic heterocycles. The summed E-state index contributed by atoms with van der Waals surface area (Å²) in [5.74, 6) is -0.315. The maximum atomic E-state index is 12.4. The van der Waals surface area contributed by atoms with Crippen LogP contribution in [0.1, 0.15) is 36.5 Å². The molecule has 1 saturated heterocycles. The van der Waals surface area contributed by atoms with E-state index in [1.807, 2.05) is 43.3 Å². The Balaban J connectivity index is 1.86. The summed E-state index contributed by atoms with van der Waals surface area (Å²) < 4.78 is 5.22. The molecule has 25 heavy (non-hydrogen) atoms.